The number of aromatic nitrogens is 1. The number of thiocarbonyl (C=S) groups is 1. The number of morpholine rings is 1. The molecule has 0 radical (unpaired) electrons. The van der Waals surface area contributed by atoms with Crippen LogP contribution in [0, 0.1) is 6.92 Å². The van der Waals surface area contributed by atoms with Crippen molar-refractivity contribution in [2.45, 2.75) is 18.4 Å². The van der Waals surface area contributed by atoms with E-state index in [2.05, 4.69) is 20.8 Å². The molecular formula is C19H23N5O5S2. The first-order valence-electron chi connectivity index (χ1n) is 9.39. The van der Waals surface area contributed by atoms with Crippen LogP contribution in [0.5, 0.6) is 5.75 Å². The molecule has 1 aliphatic heterocycles. The van der Waals surface area contributed by atoms with E-state index in [-0.39, 0.29) is 22.4 Å². The van der Waals surface area contributed by atoms with Gasteiger partial charge in [0.2, 0.25) is 10.0 Å². The lowest BCUT2D eigenvalue weighted by Gasteiger charge is -2.26. The first-order chi connectivity index (χ1) is 14.8. The summed E-state index contributed by atoms with van der Waals surface area (Å²) in [7, 11) is -3.56. The Kier molecular flexibility index (Phi) is 7.51. The summed E-state index contributed by atoms with van der Waals surface area (Å²) in [6.07, 6.45) is 2.79. The summed E-state index contributed by atoms with van der Waals surface area (Å²) >= 11 is 5.18. The number of aliphatic hydroxyl groups excluding tert-OH is 1. The molecule has 166 valence electrons. The van der Waals surface area contributed by atoms with E-state index in [1.165, 1.54) is 28.8 Å². The largest absolute Gasteiger partial charge is 0.505 e. The average Bonchev–Trinajstić information content (AvgIpc) is 2.78. The van der Waals surface area contributed by atoms with Crippen LogP contribution >= 0.6 is 12.2 Å². The zero-order valence-corrected chi connectivity index (χ0v) is 18.4. The maximum absolute atomic E-state index is 12.7. The van der Waals surface area contributed by atoms with Crippen molar-refractivity contribution in [3.05, 3.63) is 47.3 Å². The molecule has 10 nitrogen and oxygen atoms in total. The maximum Gasteiger partial charge on any atom is 0.243 e. The molecule has 1 fully saturated rings. The van der Waals surface area contributed by atoms with Crippen molar-refractivity contribution in [2.24, 2.45) is 5.10 Å². The van der Waals surface area contributed by atoms with E-state index in [9.17, 15) is 18.6 Å². The molecule has 0 unspecified atom stereocenters. The quantitative estimate of drug-likeness (QED) is 0.279. The average molecular weight is 466 g/mol. The Morgan fingerprint density at radius 1 is 1.32 bits per heavy atom. The highest BCUT2D eigenvalue weighted by molar-refractivity contribution is 7.89. The molecule has 2 aromatic rings. The van der Waals surface area contributed by atoms with E-state index in [0.717, 1.165) is 0 Å². The first-order valence-corrected chi connectivity index (χ1v) is 11.2. The van der Waals surface area contributed by atoms with E-state index in [4.69, 9.17) is 17.0 Å². The van der Waals surface area contributed by atoms with Crippen molar-refractivity contribution in [3.63, 3.8) is 0 Å². The van der Waals surface area contributed by atoms with Crippen molar-refractivity contribution >= 4 is 39.3 Å². The Balaban J connectivity index is 1.61. The third kappa shape index (κ3) is 5.54. The molecule has 31 heavy (non-hydrogen) atoms. The summed E-state index contributed by atoms with van der Waals surface area (Å²) in [4.78, 5) is 4.17. The van der Waals surface area contributed by atoms with E-state index in [0.29, 0.717) is 48.8 Å². The van der Waals surface area contributed by atoms with Crippen LogP contribution in [0.25, 0.3) is 0 Å². The topological polar surface area (TPSA) is 136 Å². The summed E-state index contributed by atoms with van der Waals surface area (Å²) in [6.45, 7) is 2.77. The van der Waals surface area contributed by atoms with Crippen molar-refractivity contribution in [3.8, 4) is 5.75 Å². The lowest BCUT2D eigenvalue weighted by molar-refractivity contribution is 0.0730. The summed E-state index contributed by atoms with van der Waals surface area (Å²) in [5, 5.41) is 26.5. The first kappa shape index (κ1) is 23.0. The monoisotopic (exact) mass is 465 g/mol. The molecule has 0 aliphatic carbocycles. The van der Waals surface area contributed by atoms with E-state index >= 15 is 0 Å². The molecule has 2 heterocycles. The summed E-state index contributed by atoms with van der Waals surface area (Å²) in [5.74, 6) is -0.0759. The SMILES string of the molecule is Cc1ncc(CO)c(/C=N/NC(=S)Nc2ccc(S(=O)(=O)N3CCOCC3)cc2)c1O. The van der Waals surface area contributed by atoms with Crippen LogP contribution in [0.4, 0.5) is 5.69 Å². The Morgan fingerprint density at radius 3 is 2.65 bits per heavy atom. The van der Waals surface area contributed by atoms with Crippen LogP contribution in [-0.2, 0) is 21.4 Å². The van der Waals surface area contributed by atoms with Crippen molar-refractivity contribution in [2.75, 3.05) is 31.6 Å². The molecule has 1 aromatic heterocycles. The van der Waals surface area contributed by atoms with Gasteiger partial charge in [-0.15, -0.1) is 0 Å². The van der Waals surface area contributed by atoms with E-state index < -0.39 is 10.0 Å². The smallest absolute Gasteiger partial charge is 0.243 e. The highest BCUT2D eigenvalue weighted by Crippen LogP contribution is 2.22. The normalized spacial score (nSPS) is 15.2. The lowest BCUT2D eigenvalue weighted by atomic mass is 10.1. The lowest BCUT2D eigenvalue weighted by Crippen LogP contribution is -2.40. The van der Waals surface area contributed by atoms with Gasteiger partial charge >= 0.3 is 0 Å². The number of aliphatic hydroxyl groups is 1. The number of pyridine rings is 1. The Bertz CT molecular complexity index is 1070. The van der Waals surface area contributed by atoms with Crippen molar-refractivity contribution in [1.82, 2.24) is 14.7 Å². The molecule has 0 spiro atoms. The van der Waals surface area contributed by atoms with Crippen LogP contribution in [0.1, 0.15) is 16.8 Å². The van der Waals surface area contributed by atoms with Gasteiger partial charge in [-0.3, -0.25) is 10.4 Å². The van der Waals surface area contributed by atoms with E-state index in [1.807, 2.05) is 0 Å². The van der Waals surface area contributed by atoms with Gasteiger partial charge in [0.25, 0.3) is 0 Å². The molecule has 1 saturated heterocycles. The number of nitrogens with one attached hydrogen (secondary N) is 2. The number of sulfonamides is 1. The molecule has 1 aliphatic rings. The number of benzene rings is 1. The molecule has 0 bridgehead atoms. The number of nitrogens with zero attached hydrogens (tertiary/aromatic N) is 3. The number of hydrogen-bond donors (Lipinski definition) is 4. The second-order valence-corrected chi connectivity index (χ2v) is 9.00. The minimum Gasteiger partial charge on any atom is -0.505 e. The van der Waals surface area contributed by atoms with Gasteiger partial charge in [0.1, 0.15) is 5.75 Å². The van der Waals surface area contributed by atoms with Crippen LogP contribution < -0.4 is 10.7 Å². The minimum absolute atomic E-state index is 0.0759. The van der Waals surface area contributed by atoms with Crippen LogP contribution in [0.2, 0.25) is 0 Å². The van der Waals surface area contributed by atoms with Gasteiger partial charge in [0, 0.05) is 36.1 Å². The molecule has 1 aromatic carbocycles. The molecule has 3 rings (SSSR count). The van der Waals surface area contributed by atoms with Crippen molar-refractivity contribution < 1.29 is 23.4 Å². The number of anilines is 1. The highest BCUT2D eigenvalue weighted by atomic mass is 32.2. The molecular weight excluding hydrogens is 442 g/mol. The van der Waals surface area contributed by atoms with Gasteiger partial charge in [-0.25, -0.2) is 8.42 Å². The second-order valence-electron chi connectivity index (χ2n) is 6.65. The third-order valence-electron chi connectivity index (χ3n) is 4.61. The number of aromatic hydroxyl groups is 1. The molecule has 0 amide bonds. The van der Waals surface area contributed by atoms with Crippen LogP contribution in [0.15, 0.2) is 40.5 Å². The van der Waals surface area contributed by atoms with Crippen LogP contribution in [0.3, 0.4) is 0 Å². The maximum atomic E-state index is 12.7. The second kappa shape index (κ2) is 10.1. The van der Waals surface area contributed by atoms with Gasteiger partial charge in [0.15, 0.2) is 5.11 Å². The standard InChI is InChI=1S/C19H23N5O5S2/c1-13-18(26)17(14(12-25)10-20-13)11-21-23-19(30)22-15-2-4-16(5-3-15)31(27,28)24-6-8-29-9-7-24/h2-5,10-11,25-26H,6-9,12H2,1H3,(H2,22,23,30)/b21-11+. The van der Waals surface area contributed by atoms with Gasteiger partial charge in [0.05, 0.1) is 36.6 Å². The van der Waals surface area contributed by atoms with Gasteiger partial charge < -0.3 is 20.3 Å². The number of rotatable bonds is 6. The Morgan fingerprint density at radius 2 is 2.00 bits per heavy atom. The molecule has 0 saturated carbocycles. The fraction of sp³-hybridized carbons (Fsp3) is 0.316. The van der Waals surface area contributed by atoms with Crippen LogP contribution in [-0.4, -0.2) is 65.6 Å². The number of hydrazone groups is 1. The number of ether oxygens (including phenoxy) is 1. The number of aryl methyl sites for hydroxylation is 1. The van der Waals surface area contributed by atoms with Gasteiger partial charge in [-0.1, -0.05) is 0 Å². The minimum atomic E-state index is -3.56. The molecule has 12 heteroatoms. The number of hydrogen-bond acceptors (Lipinski definition) is 8. The molecule has 4 N–H and O–H groups in total. The predicted octanol–water partition coefficient (Wildman–Crippen LogP) is 0.929. The van der Waals surface area contributed by atoms with Gasteiger partial charge in [-0.2, -0.15) is 9.41 Å². The summed E-state index contributed by atoms with van der Waals surface area (Å²) < 4.78 is 31.9. The zero-order valence-electron chi connectivity index (χ0n) is 16.8. The highest BCUT2D eigenvalue weighted by Gasteiger charge is 2.26. The summed E-state index contributed by atoms with van der Waals surface area (Å²) in [5.41, 5.74) is 4.35. The predicted molar refractivity (Wildman–Crippen MR) is 120 cm³/mol. The summed E-state index contributed by atoms with van der Waals surface area (Å²) in [6, 6.07) is 6.22. The Labute approximate surface area is 185 Å². The molecule has 0 atom stereocenters. The van der Waals surface area contributed by atoms with Gasteiger partial charge in [-0.05, 0) is 43.4 Å². The van der Waals surface area contributed by atoms with E-state index in [1.54, 1.807) is 19.1 Å². The Hall–Kier alpha value is -2.64. The third-order valence-corrected chi connectivity index (χ3v) is 6.71. The van der Waals surface area contributed by atoms with Crippen molar-refractivity contribution in [1.29, 1.82) is 0 Å². The fourth-order valence-corrected chi connectivity index (χ4v) is 4.46. The zero-order chi connectivity index (χ0) is 22.4. The fourth-order valence-electron chi connectivity index (χ4n) is 2.88.